The van der Waals surface area contributed by atoms with E-state index in [9.17, 15) is 10.1 Å². The van der Waals surface area contributed by atoms with Crippen LogP contribution in [0.2, 0.25) is 5.02 Å². The summed E-state index contributed by atoms with van der Waals surface area (Å²) in [5.74, 6) is 0. The summed E-state index contributed by atoms with van der Waals surface area (Å²) in [5.41, 5.74) is 9.09. The van der Waals surface area contributed by atoms with Crippen LogP contribution in [0.25, 0.3) is 10.9 Å². The fraction of sp³-hybridized carbons (Fsp3) is 0.250. The Morgan fingerprint density at radius 1 is 1.21 bits per heavy atom. The van der Waals surface area contributed by atoms with Gasteiger partial charge in [-0.3, -0.25) is 15.1 Å². The topological polar surface area (TPSA) is 94.1 Å². The summed E-state index contributed by atoms with van der Waals surface area (Å²) in [7, 11) is 0. The van der Waals surface area contributed by atoms with Crippen LogP contribution < -0.4 is 11.1 Å². The summed E-state index contributed by atoms with van der Waals surface area (Å²) in [4.78, 5) is 14.8. The Morgan fingerprint density at radius 3 is 2.54 bits per heavy atom. The minimum Gasteiger partial charge on any atom is -0.312 e. The van der Waals surface area contributed by atoms with Crippen LogP contribution in [-0.2, 0) is 10.1 Å². The molecule has 3 N–H and O–H groups in total. The molecule has 0 radical (unpaired) electrons. The van der Waals surface area contributed by atoms with Crippen LogP contribution in [0.4, 0.5) is 5.69 Å². The van der Waals surface area contributed by atoms with Crippen molar-refractivity contribution in [2.45, 2.75) is 29.5 Å². The number of aromatic nitrogens is 1. The van der Waals surface area contributed by atoms with Crippen molar-refractivity contribution in [2.75, 3.05) is 0 Å². The van der Waals surface area contributed by atoms with Gasteiger partial charge in [-0.25, -0.2) is 0 Å². The number of nitrogens with two attached hydrogens (primary N) is 1. The van der Waals surface area contributed by atoms with E-state index in [-0.39, 0.29) is 5.69 Å². The first-order valence-corrected chi connectivity index (χ1v) is 10.1. The van der Waals surface area contributed by atoms with Crippen LogP contribution in [0, 0.1) is 10.1 Å². The second-order valence-corrected chi connectivity index (χ2v) is 9.27. The van der Waals surface area contributed by atoms with Gasteiger partial charge in [-0.05, 0) is 43.2 Å². The van der Waals surface area contributed by atoms with Gasteiger partial charge in [0.1, 0.15) is 3.55 Å². The van der Waals surface area contributed by atoms with Gasteiger partial charge in [0, 0.05) is 40.8 Å². The minimum absolute atomic E-state index is 0.0759. The molecule has 3 aromatic rings. The van der Waals surface area contributed by atoms with Gasteiger partial charge in [0.2, 0.25) is 0 Å². The van der Waals surface area contributed by atoms with Gasteiger partial charge in [-0.15, -0.1) is 0 Å². The molecule has 2 aromatic carbocycles. The highest BCUT2D eigenvalue weighted by molar-refractivity contribution is 14.1. The molecule has 1 heterocycles. The lowest BCUT2D eigenvalue weighted by molar-refractivity contribution is -0.384. The fourth-order valence-corrected chi connectivity index (χ4v) is 3.79. The highest BCUT2D eigenvalue weighted by atomic mass is 127. The van der Waals surface area contributed by atoms with Crippen molar-refractivity contribution in [3.8, 4) is 0 Å². The molecule has 0 amide bonds. The number of nitrogens with zero attached hydrogens (tertiary/aromatic N) is 2. The van der Waals surface area contributed by atoms with Gasteiger partial charge < -0.3 is 11.1 Å². The molecule has 0 fully saturated rings. The number of benzene rings is 2. The van der Waals surface area contributed by atoms with E-state index in [2.05, 4.69) is 32.9 Å². The van der Waals surface area contributed by atoms with Crippen molar-refractivity contribution < 1.29 is 4.92 Å². The van der Waals surface area contributed by atoms with E-state index in [1.165, 1.54) is 12.1 Å². The van der Waals surface area contributed by atoms with Gasteiger partial charge >= 0.3 is 0 Å². The first-order chi connectivity index (χ1) is 13.1. The average molecular weight is 511 g/mol. The summed E-state index contributed by atoms with van der Waals surface area (Å²) in [6.45, 7) is 4.60. The molecular formula is C20H20ClIN4O2. The third-order valence-corrected chi connectivity index (χ3v) is 7.05. The smallest absolute Gasteiger partial charge is 0.269 e. The molecule has 28 heavy (non-hydrogen) atoms. The Kier molecular flexibility index (Phi) is 5.90. The number of hydrogen-bond acceptors (Lipinski definition) is 5. The normalized spacial score (nSPS) is 14.0. The number of nitro groups is 1. The second-order valence-electron chi connectivity index (χ2n) is 7.13. The largest absolute Gasteiger partial charge is 0.312 e. The van der Waals surface area contributed by atoms with E-state index in [1.54, 1.807) is 18.3 Å². The number of rotatable bonds is 6. The number of alkyl halides is 1. The summed E-state index contributed by atoms with van der Waals surface area (Å²) >= 11 is 8.36. The third kappa shape index (κ3) is 4.12. The van der Waals surface area contributed by atoms with Crippen molar-refractivity contribution in [1.29, 1.82) is 0 Å². The first kappa shape index (κ1) is 20.9. The highest BCUT2D eigenvalue weighted by Gasteiger charge is 2.41. The Balaban J connectivity index is 1.86. The maximum atomic E-state index is 10.8. The Morgan fingerprint density at radius 2 is 1.89 bits per heavy atom. The highest BCUT2D eigenvalue weighted by Crippen LogP contribution is 2.40. The van der Waals surface area contributed by atoms with Crippen LogP contribution in [-0.4, -0.2) is 15.4 Å². The molecular weight excluding hydrogens is 491 g/mol. The van der Waals surface area contributed by atoms with Crippen LogP contribution in [0.3, 0.4) is 0 Å². The lowest BCUT2D eigenvalue weighted by atomic mass is 9.87. The second kappa shape index (κ2) is 7.90. The molecule has 3 rings (SSSR count). The van der Waals surface area contributed by atoms with Crippen LogP contribution in [0.15, 0.2) is 54.7 Å². The van der Waals surface area contributed by atoms with E-state index in [4.69, 9.17) is 17.3 Å². The van der Waals surface area contributed by atoms with E-state index >= 15 is 0 Å². The van der Waals surface area contributed by atoms with E-state index in [0.29, 0.717) is 11.6 Å². The van der Waals surface area contributed by atoms with E-state index in [1.807, 2.05) is 38.1 Å². The van der Waals surface area contributed by atoms with Crippen molar-refractivity contribution in [2.24, 2.45) is 5.73 Å². The zero-order valence-corrected chi connectivity index (χ0v) is 18.4. The predicted octanol–water partition coefficient (Wildman–Crippen LogP) is 4.91. The monoisotopic (exact) mass is 510 g/mol. The van der Waals surface area contributed by atoms with Crippen LogP contribution in [0.1, 0.15) is 25.0 Å². The Bertz CT molecular complexity index is 1020. The molecule has 0 bridgehead atoms. The predicted molar refractivity (Wildman–Crippen MR) is 121 cm³/mol. The summed E-state index contributed by atoms with van der Waals surface area (Å²) in [6.07, 6.45) is 1.74. The summed E-state index contributed by atoms with van der Waals surface area (Å²) in [5, 5.41) is 15.9. The number of non-ortho nitro benzene ring substituents is 1. The van der Waals surface area contributed by atoms with Gasteiger partial charge in [0.05, 0.1) is 10.4 Å². The molecule has 6 nitrogen and oxygen atoms in total. The van der Waals surface area contributed by atoms with Gasteiger partial charge in [-0.1, -0.05) is 52.4 Å². The number of halogens is 2. The van der Waals surface area contributed by atoms with Crippen molar-refractivity contribution in [3.05, 3.63) is 81.0 Å². The van der Waals surface area contributed by atoms with Crippen LogP contribution >= 0.6 is 34.2 Å². The molecule has 1 aromatic heterocycles. The molecule has 0 aliphatic rings. The zero-order chi connectivity index (χ0) is 20.5. The lowest BCUT2D eigenvalue weighted by Crippen LogP contribution is -2.58. The van der Waals surface area contributed by atoms with Crippen molar-refractivity contribution >= 4 is 50.8 Å². The average Bonchev–Trinajstić information content (AvgIpc) is 2.65. The van der Waals surface area contributed by atoms with Gasteiger partial charge in [-0.2, -0.15) is 0 Å². The molecule has 1 unspecified atom stereocenters. The van der Waals surface area contributed by atoms with Gasteiger partial charge in [0.25, 0.3) is 5.69 Å². The Hall–Kier alpha value is -1.81. The molecule has 0 saturated heterocycles. The van der Waals surface area contributed by atoms with Crippen molar-refractivity contribution in [3.63, 3.8) is 0 Å². The van der Waals surface area contributed by atoms with Crippen molar-refractivity contribution in [1.82, 2.24) is 10.3 Å². The lowest BCUT2D eigenvalue weighted by Gasteiger charge is -2.41. The number of hydrogen-bond donors (Lipinski definition) is 2. The number of pyridine rings is 1. The number of nitrogens with one attached hydrogen (secondary N) is 1. The maximum absolute atomic E-state index is 10.8. The SMILES string of the molecule is CC(C)(NCc1ccc([N+](=O)[O-])cc1)C(N)(I)c1ccnc2cc(Cl)ccc12. The summed E-state index contributed by atoms with van der Waals surface area (Å²) in [6, 6.07) is 14.0. The van der Waals surface area contributed by atoms with E-state index in [0.717, 1.165) is 22.0 Å². The molecule has 0 spiro atoms. The fourth-order valence-electron chi connectivity index (χ4n) is 2.96. The maximum Gasteiger partial charge on any atom is 0.269 e. The third-order valence-electron chi connectivity index (χ3n) is 4.89. The summed E-state index contributed by atoms with van der Waals surface area (Å²) < 4.78 is -0.749. The van der Waals surface area contributed by atoms with Crippen LogP contribution in [0.5, 0.6) is 0 Å². The molecule has 1 atom stereocenters. The molecule has 0 saturated carbocycles. The molecule has 0 aliphatic carbocycles. The van der Waals surface area contributed by atoms with E-state index < -0.39 is 14.0 Å². The minimum atomic E-state index is -0.749. The standard InChI is InChI=1S/C20H20ClIN4O2/c1-19(2,25-12-13-3-6-15(7-4-13)26(27)28)20(22,23)17-9-10-24-18-11-14(21)5-8-16(17)18/h3-11,25H,12,23H2,1-2H3. The molecule has 146 valence electrons. The number of nitro benzene ring substituents is 1. The van der Waals surface area contributed by atoms with Gasteiger partial charge in [0.15, 0.2) is 0 Å². The number of fused-ring (bicyclic) bond motifs is 1. The first-order valence-electron chi connectivity index (χ1n) is 8.63. The quantitative estimate of drug-likeness (QED) is 0.162. The molecule has 8 heteroatoms. The molecule has 0 aliphatic heterocycles. The zero-order valence-electron chi connectivity index (χ0n) is 15.4. The Labute approximate surface area is 181 Å².